The number of aromatic nitrogens is 2. The Hall–Kier alpha value is -6.24. The van der Waals surface area contributed by atoms with Crippen LogP contribution in [0.3, 0.4) is 0 Å². The smallest absolute Gasteiger partial charge is 0.326 e. The van der Waals surface area contributed by atoms with Crippen molar-refractivity contribution < 1.29 is 29.4 Å². The first-order valence-electron chi connectivity index (χ1n) is 16.8. The van der Waals surface area contributed by atoms with E-state index in [1.54, 1.807) is 12.4 Å². The number of carbonyl (C=O) groups excluding carboxylic acids is 2. The Morgan fingerprint density at radius 3 is 1.23 bits per heavy atom. The minimum atomic E-state index is -1.09. The molecule has 52 heavy (non-hydrogen) atoms. The van der Waals surface area contributed by atoms with E-state index in [0.717, 1.165) is 44.1 Å². The Morgan fingerprint density at radius 1 is 0.519 bits per heavy atom. The second kappa shape index (κ2) is 17.6. The second-order valence-corrected chi connectivity index (χ2v) is 12.5. The summed E-state index contributed by atoms with van der Waals surface area (Å²) >= 11 is 0. The van der Waals surface area contributed by atoms with Gasteiger partial charge in [-0.15, -0.1) is 0 Å². The van der Waals surface area contributed by atoms with Crippen LogP contribution in [0.2, 0.25) is 0 Å². The summed E-state index contributed by atoms with van der Waals surface area (Å²) in [4.78, 5) is 54.1. The zero-order valence-corrected chi connectivity index (χ0v) is 28.4. The quantitative estimate of drug-likeness (QED) is 0.0835. The third-order valence-corrected chi connectivity index (χ3v) is 8.70. The molecule has 10 N–H and O–H groups in total. The van der Waals surface area contributed by atoms with Gasteiger partial charge in [-0.25, -0.2) is 9.59 Å². The Bertz CT molecular complexity index is 1960. The maximum absolute atomic E-state index is 12.3. The number of hydrogen-bond acceptors (Lipinski definition) is 6. The van der Waals surface area contributed by atoms with Crippen LogP contribution in [-0.4, -0.2) is 68.1 Å². The van der Waals surface area contributed by atoms with Crippen molar-refractivity contribution in [1.82, 2.24) is 20.6 Å². The van der Waals surface area contributed by atoms with Gasteiger partial charge in [-0.05, 0) is 47.2 Å². The monoisotopic (exact) mass is 702 g/mol. The molecule has 6 aromatic rings. The summed E-state index contributed by atoms with van der Waals surface area (Å²) in [5, 5.41) is 26.0. The third kappa shape index (κ3) is 9.93. The van der Waals surface area contributed by atoms with Crippen molar-refractivity contribution >= 4 is 45.6 Å². The molecule has 0 fully saturated rings. The molecule has 268 valence electrons. The number of H-pyrrole nitrogens is 2. The van der Waals surface area contributed by atoms with E-state index in [0.29, 0.717) is 12.8 Å². The topological polar surface area (TPSA) is 216 Å². The Morgan fingerprint density at radius 2 is 0.865 bits per heavy atom. The molecule has 0 bridgehead atoms. The van der Waals surface area contributed by atoms with Crippen LogP contribution < -0.4 is 22.1 Å². The number of para-hydroxylation sites is 2. The standard InChI is InChI=1S/2C20H21N3O3/c2*21-16(10-13-6-2-1-3-7-13)19(24)23-18(20(25)26)11-14-12-22-17-9-5-4-8-15(14)17/h2*1-9,12,16,18,22H,10-11,21H2,(H,23,24)(H,25,26)/t2*16-,18-/m00/s1. The molecule has 12 nitrogen and oxygen atoms in total. The van der Waals surface area contributed by atoms with Crippen LogP contribution in [0.1, 0.15) is 22.3 Å². The Labute approximate surface area is 300 Å². The largest absolute Gasteiger partial charge is 0.480 e. The lowest BCUT2D eigenvalue weighted by atomic mass is 10.0. The maximum Gasteiger partial charge on any atom is 0.326 e. The summed E-state index contributed by atoms with van der Waals surface area (Å²) in [7, 11) is 0. The molecule has 6 rings (SSSR count). The van der Waals surface area contributed by atoms with E-state index in [1.807, 2.05) is 109 Å². The molecule has 0 aliphatic rings. The molecule has 0 unspecified atom stereocenters. The van der Waals surface area contributed by atoms with E-state index in [4.69, 9.17) is 11.5 Å². The first-order chi connectivity index (χ1) is 25.1. The van der Waals surface area contributed by atoms with Crippen LogP contribution in [-0.2, 0) is 44.9 Å². The lowest BCUT2D eigenvalue weighted by molar-refractivity contribution is -0.142. The first-order valence-corrected chi connectivity index (χ1v) is 16.8. The predicted octanol–water partition coefficient (Wildman–Crippen LogP) is 3.70. The van der Waals surface area contributed by atoms with Crippen molar-refractivity contribution in [3.8, 4) is 0 Å². The molecule has 0 radical (unpaired) electrons. The number of aromatic amines is 2. The van der Waals surface area contributed by atoms with Gasteiger partial charge in [0.2, 0.25) is 11.8 Å². The fourth-order valence-corrected chi connectivity index (χ4v) is 5.92. The van der Waals surface area contributed by atoms with Crippen molar-refractivity contribution in [2.45, 2.75) is 49.9 Å². The maximum atomic E-state index is 12.3. The van der Waals surface area contributed by atoms with E-state index in [9.17, 15) is 29.4 Å². The molecule has 0 aliphatic carbocycles. The molecular weight excluding hydrogens is 660 g/mol. The van der Waals surface area contributed by atoms with Crippen molar-refractivity contribution in [2.24, 2.45) is 11.5 Å². The molecule has 4 atom stereocenters. The van der Waals surface area contributed by atoms with Gasteiger partial charge in [0.1, 0.15) is 12.1 Å². The van der Waals surface area contributed by atoms with E-state index < -0.39 is 47.9 Å². The van der Waals surface area contributed by atoms with Crippen LogP contribution >= 0.6 is 0 Å². The fraction of sp³-hybridized carbons (Fsp3) is 0.200. The van der Waals surface area contributed by atoms with E-state index in [2.05, 4.69) is 20.6 Å². The number of nitrogens with two attached hydrogens (primary N) is 2. The summed E-state index contributed by atoms with van der Waals surface area (Å²) in [6.45, 7) is 0. The van der Waals surface area contributed by atoms with Gasteiger partial charge in [-0.3, -0.25) is 9.59 Å². The van der Waals surface area contributed by atoms with E-state index in [1.165, 1.54) is 0 Å². The lowest BCUT2D eigenvalue weighted by Crippen LogP contribution is -2.50. The Balaban J connectivity index is 0.000000201. The second-order valence-electron chi connectivity index (χ2n) is 12.5. The molecule has 0 spiro atoms. The predicted molar refractivity (Wildman–Crippen MR) is 199 cm³/mol. The summed E-state index contributed by atoms with van der Waals surface area (Å²) in [5.41, 5.74) is 17.3. The molecule has 2 amide bonds. The summed E-state index contributed by atoms with van der Waals surface area (Å²) < 4.78 is 0. The van der Waals surface area contributed by atoms with Crippen molar-refractivity contribution in [2.75, 3.05) is 0 Å². The van der Waals surface area contributed by atoms with Gasteiger partial charge < -0.3 is 42.3 Å². The average Bonchev–Trinajstić information content (AvgIpc) is 3.76. The molecule has 12 heteroatoms. The number of amides is 2. The zero-order chi connectivity index (χ0) is 37.0. The number of rotatable bonds is 14. The highest BCUT2D eigenvalue weighted by molar-refractivity contribution is 5.90. The summed E-state index contributed by atoms with van der Waals surface area (Å²) in [5.74, 6) is -3.12. The van der Waals surface area contributed by atoms with Crippen LogP contribution in [0.15, 0.2) is 122 Å². The van der Waals surface area contributed by atoms with Crippen molar-refractivity contribution in [1.29, 1.82) is 0 Å². The SMILES string of the molecule is N[C@@H](Cc1ccccc1)C(=O)N[C@@H](Cc1c[nH]c2ccccc12)C(=O)O.N[C@@H](Cc1ccccc1)C(=O)N[C@@H](Cc1c[nH]c2ccccc12)C(=O)O. The number of carboxylic acid groups (broad SMARTS) is 2. The molecule has 0 saturated heterocycles. The third-order valence-electron chi connectivity index (χ3n) is 8.70. The molecule has 4 aromatic carbocycles. The fourth-order valence-electron chi connectivity index (χ4n) is 5.92. The molecule has 2 aromatic heterocycles. The van der Waals surface area contributed by atoms with Gasteiger partial charge in [0, 0.05) is 47.0 Å². The highest BCUT2D eigenvalue weighted by atomic mass is 16.4. The van der Waals surface area contributed by atoms with Crippen LogP contribution in [0.5, 0.6) is 0 Å². The van der Waals surface area contributed by atoms with Gasteiger partial charge in [0.15, 0.2) is 0 Å². The number of hydrogen-bond donors (Lipinski definition) is 8. The lowest BCUT2D eigenvalue weighted by Gasteiger charge is -2.18. The number of aliphatic carboxylic acids is 2. The number of benzene rings is 4. The minimum absolute atomic E-state index is 0.184. The van der Waals surface area contributed by atoms with Gasteiger partial charge >= 0.3 is 11.9 Å². The van der Waals surface area contributed by atoms with Crippen LogP contribution in [0.4, 0.5) is 0 Å². The van der Waals surface area contributed by atoms with E-state index >= 15 is 0 Å². The van der Waals surface area contributed by atoms with Gasteiger partial charge in [0.25, 0.3) is 0 Å². The van der Waals surface area contributed by atoms with Gasteiger partial charge in [0.05, 0.1) is 12.1 Å². The Kier molecular flexibility index (Phi) is 12.5. The van der Waals surface area contributed by atoms with Gasteiger partial charge in [-0.2, -0.15) is 0 Å². The highest BCUT2D eigenvalue weighted by Gasteiger charge is 2.26. The van der Waals surface area contributed by atoms with Gasteiger partial charge in [-0.1, -0.05) is 97.1 Å². The summed E-state index contributed by atoms with van der Waals surface area (Å²) in [6.07, 6.45) is 4.62. The molecule has 0 saturated carbocycles. The molecule has 0 aliphatic heterocycles. The average molecular weight is 703 g/mol. The summed E-state index contributed by atoms with van der Waals surface area (Å²) in [6, 6.07) is 30.4. The number of fused-ring (bicyclic) bond motifs is 2. The first kappa shape index (κ1) is 37.0. The van der Waals surface area contributed by atoms with Crippen LogP contribution in [0.25, 0.3) is 21.8 Å². The highest BCUT2D eigenvalue weighted by Crippen LogP contribution is 2.20. The molecule has 2 heterocycles. The minimum Gasteiger partial charge on any atom is -0.480 e. The molecular formula is C40H42N6O6. The van der Waals surface area contributed by atoms with Crippen molar-refractivity contribution in [3.05, 3.63) is 144 Å². The number of carbonyl (C=O) groups is 4. The number of carboxylic acids is 2. The van der Waals surface area contributed by atoms with E-state index in [-0.39, 0.29) is 12.8 Å². The number of nitrogens with one attached hydrogen (secondary N) is 4. The van der Waals surface area contributed by atoms with Crippen LogP contribution in [0, 0.1) is 0 Å². The van der Waals surface area contributed by atoms with Crippen molar-refractivity contribution in [3.63, 3.8) is 0 Å². The zero-order valence-electron chi connectivity index (χ0n) is 28.4. The normalized spacial score (nSPS) is 13.3.